The van der Waals surface area contributed by atoms with Crippen molar-refractivity contribution in [3.63, 3.8) is 0 Å². The molecule has 17 heavy (non-hydrogen) atoms. The fraction of sp³-hybridized carbons (Fsp3) is 0.538. The van der Waals surface area contributed by atoms with Gasteiger partial charge in [0.05, 0.1) is 0 Å². The largest absolute Gasteiger partial charge is 0.505 e. The molecule has 2 rings (SSSR count). The third kappa shape index (κ3) is 2.96. The second-order valence-corrected chi connectivity index (χ2v) is 4.51. The number of ether oxygens (including phenoxy) is 1. The normalized spacial score (nSPS) is 17.6. The molecule has 0 spiro atoms. The van der Waals surface area contributed by atoms with Crippen molar-refractivity contribution >= 4 is 0 Å². The van der Waals surface area contributed by atoms with Gasteiger partial charge in [0, 0.05) is 31.4 Å². The number of rotatable bonds is 3. The van der Waals surface area contributed by atoms with E-state index in [1.165, 1.54) is 6.07 Å². The quantitative estimate of drug-likeness (QED) is 0.877. The molecule has 1 N–H and O–H groups in total. The Morgan fingerprint density at radius 1 is 1.41 bits per heavy atom. The number of para-hydroxylation sites is 1. The number of hydrogen-bond donors (Lipinski definition) is 1. The van der Waals surface area contributed by atoms with Crippen molar-refractivity contribution < 1.29 is 14.2 Å². The van der Waals surface area contributed by atoms with Gasteiger partial charge in [0.25, 0.3) is 0 Å². The molecule has 94 valence electrons. The van der Waals surface area contributed by atoms with Gasteiger partial charge >= 0.3 is 0 Å². The second kappa shape index (κ2) is 5.47. The Labute approximate surface area is 101 Å². The lowest BCUT2D eigenvalue weighted by Gasteiger charge is -2.31. The van der Waals surface area contributed by atoms with Gasteiger partial charge < -0.3 is 9.84 Å². The van der Waals surface area contributed by atoms with E-state index in [0.717, 1.165) is 26.1 Å². The van der Waals surface area contributed by atoms with Crippen LogP contribution in [0.25, 0.3) is 0 Å². The van der Waals surface area contributed by atoms with Crippen LogP contribution in [0.5, 0.6) is 5.75 Å². The van der Waals surface area contributed by atoms with Crippen LogP contribution in [0.1, 0.15) is 18.4 Å². The van der Waals surface area contributed by atoms with Crippen molar-refractivity contribution in [2.24, 2.45) is 0 Å². The summed E-state index contributed by atoms with van der Waals surface area (Å²) >= 11 is 0. The van der Waals surface area contributed by atoms with Crippen LogP contribution in [-0.4, -0.2) is 36.3 Å². The monoisotopic (exact) mass is 239 g/mol. The first kappa shape index (κ1) is 12.3. The number of benzene rings is 1. The number of nitrogens with zero attached hydrogens (tertiary/aromatic N) is 1. The van der Waals surface area contributed by atoms with Gasteiger partial charge in [0.15, 0.2) is 11.6 Å². The van der Waals surface area contributed by atoms with E-state index in [-0.39, 0.29) is 5.75 Å². The van der Waals surface area contributed by atoms with Crippen LogP contribution < -0.4 is 0 Å². The molecule has 1 fully saturated rings. The lowest BCUT2D eigenvalue weighted by Crippen LogP contribution is -2.36. The molecule has 4 heteroatoms. The van der Waals surface area contributed by atoms with Gasteiger partial charge in [-0.2, -0.15) is 0 Å². The van der Waals surface area contributed by atoms with Crippen molar-refractivity contribution in [1.82, 2.24) is 4.90 Å². The van der Waals surface area contributed by atoms with Crippen LogP contribution in [0, 0.1) is 5.82 Å². The van der Waals surface area contributed by atoms with E-state index in [2.05, 4.69) is 4.90 Å². The molecule has 0 amide bonds. The van der Waals surface area contributed by atoms with Gasteiger partial charge in [0.2, 0.25) is 0 Å². The molecule has 1 saturated heterocycles. The molecule has 0 aromatic heterocycles. The maximum atomic E-state index is 13.2. The van der Waals surface area contributed by atoms with E-state index in [9.17, 15) is 9.50 Å². The predicted molar refractivity (Wildman–Crippen MR) is 63.4 cm³/mol. The highest BCUT2D eigenvalue weighted by molar-refractivity contribution is 5.33. The summed E-state index contributed by atoms with van der Waals surface area (Å²) in [5, 5.41) is 9.62. The average Bonchev–Trinajstić information content (AvgIpc) is 2.36. The third-order valence-corrected chi connectivity index (χ3v) is 3.30. The lowest BCUT2D eigenvalue weighted by atomic mass is 10.1. The van der Waals surface area contributed by atoms with E-state index in [1.807, 2.05) is 7.05 Å². The third-order valence-electron chi connectivity index (χ3n) is 3.30. The van der Waals surface area contributed by atoms with Crippen molar-refractivity contribution in [2.75, 3.05) is 20.3 Å². The molecule has 1 aromatic carbocycles. The Balaban J connectivity index is 2.01. The fourth-order valence-corrected chi connectivity index (χ4v) is 2.21. The zero-order valence-electron chi connectivity index (χ0n) is 10.0. The summed E-state index contributed by atoms with van der Waals surface area (Å²) in [6.07, 6.45) is 1.99. The van der Waals surface area contributed by atoms with E-state index in [1.54, 1.807) is 12.1 Å². The number of phenolic OH excluding ortho intramolecular Hbond substituents is 1. The minimum absolute atomic E-state index is 0.230. The molecule has 0 saturated carbocycles. The summed E-state index contributed by atoms with van der Waals surface area (Å²) < 4.78 is 18.5. The summed E-state index contributed by atoms with van der Waals surface area (Å²) in [6, 6.07) is 5.11. The fourth-order valence-electron chi connectivity index (χ4n) is 2.21. The molecular weight excluding hydrogens is 221 g/mol. The van der Waals surface area contributed by atoms with Gasteiger partial charge in [-0.25, -0.2) is 4.39 Å². The minimum atomic E-state index is -0.553. The number of aromatic hydroxyl groups is 1. The maximum absolute atomic E-state index is 13.2. The van der Waals surface area contributed by atoms with E-state index < -0.39 is 5.82 Å². The van der Waals surface area contributed by atoms with E-state index in [0.29, 0.717) is 18.2 Å². The highest BCUT2D eigenvalue weighted by Gasteiger charge is 2.19. The number of halogens is 1. The summed E-state index contributed by atoms with van der Waals surface area (Å²) in [5.74, 6) is -0.783. The minimum Gasteiger partial charge on any atom is -0.505 e. The Kier molecular flexibility index (Phi) is 3.97. The van der Waals surface area contributed by atoms with Crippen LogP contribution in [0.15, 0.2) is 18.2 Å². The Hall–Kier alpha value is -1.13. The first-order chi connectivity index (χ1) is 8.18. The van der Waals surface area contributed by atoms with Gasteiger partial charge in [-0.1, -0.05) is 12.1 Å². The molecule has 0 unspecified atom stereocenters. The summed E-state index contributed by atoms with van der Waals surface area (Å²) in [5.41, 5.74) is 0.638. The molecule has 3 nitrogen and oxygen atoms in total. The molecule has 0 atom stereocenters. The molecule has 1 aliphatic rings. The second-order valence-electron chi connectivity index (χ2n) is 4.51. The zero-order chi connectivity index (χ0) is 12.3. The Morgan fingerprint density at radius 2 is 2.12 bits per heavy atom. The SMILES string of the molecule is CN(Cc1cccc(F)c1O)C1CCOCC1. The van der Waals surface area contributed by atoms with E-state index in [4.69, 9.17) is 4.74 Å². The zero-order valence-corrected chi connectivity index (χ0v) is 10.0. The first-order valence-corrected chi connectivity index (χ1v) is 5.93. The molecule has 1 aliphatic heterocycles. The molecule has 1 aromatic rings. The highest BCUT2D eigenvalue weighted by Crippen LogP contribution is 2.23. The number of hydrogen-bond acceptors (Lipinski definition) is 3. The van der Waals surface area contributed by atoms with Crippen LogP contribution in [0.4, 0.5) is 4.39 Å². The van der Waals surface area contributed by atoms with E-state index >= 15 is 0 Å². The summed E-state index contributed by atoms with van der Waals surface area (Å²) in [6.45, 7) is 2.13. The lowest BCUT2D eigenvalue weighted by molar-refractivity contribution is 0.0404. The average molecular weight is 239 g/mol. The van der Waals surface area contributed by atoms with Crippen molar-refractivity contribution in [1.29, 1.82) is 0 Å². The number of phenols is 1. The van der Waals surface area contributed by atoms with Crippen LogP contribution in [0.2, 0.25) is 0 Å². The van der Waals surface area contributed by atoms with Crippen LogP contribution in [-0.2, 0) is 11.3 Å². The van der Waals surface area contributed by atoms with Crippen LogP contribution in [0.3, 0.4) is 0 Å². The van der Waals surface area contributed by atoms with Crippen molar-refractivity contribution in [3.8, 4) is 5.75 Å². The van der Waals surface area contributed by atoms with Gasteiger partial charge in [-0.3, -0.25) is 4.90 Å². The predicted octanol–water partition coefficient (Wildman–Crippen LogP) is 2.14. The summed E-state index contributed by atoms with van der Waals surface area (Å²) in [7, 11) is 2.00. The molecular formula is C13H18FNO2. The topological polar surface area (TPSA) is 32.7 Å². The van der Waals surface area contributed by atoms with Crippen molar-refractivity contribution in [3.05, 3.63) is 29.6 Å². The highest BCUT2D eigenvalue weighted by atomic mass is 19.1. The Morgan fingerprint density at radius 3 is 2.82 bits per heavy atom. The standard InChI is InChI=1S/C13H18FNO2/c1-15(11-5-7-17-8-6-11)9-10-3-2-4-12(14)13(10)16/h2-4,11,16H,5-9H2,1H3. The van der Waals surface area contributed by atoms with Gasteiger partial charge in [-0.05, 0) is 26.0 Å². The molecule has 0 bridgehead atoms. The van der Waals surface area contributed by atoms with Gasteiger partial charge in [-0.15, -0.1) is 0 Å². The smallest absolute Gasteiger partial charge is 0.165 e. The first-order valence-electron chi connectivity index (χ1n) is 5.93. The van der Waals surface area contributed by atoms with Gasteiger partial charge in [0.1, 0.15) is 0 Å². The Bertz CT molecular complexity index is 378. The summed E-state index contributed by atoms with van der Waals surface area (Å²) in [4.78, 5) is 2.15. The van der Waals surface area contributed by atoms with Crippen LogP contribution >= 0.6 is 0 Å². The maximum Gasteiger partial charge on any atom is 0.165 e. The molecule has 0 radical (unpaired) electrons. The molecule has 0 aliphatic carbocycles. The molecule has 1 heterocycles. The van der Waals surface area contributed by atoms with Crippen molar-refractivity contribution in [2.45, 2.75) is 25.4 Å².